The van der Waals surface area contributed by atoms with Crippen LogP contribution in [0.3, 0.4) is 0 Å². The van der Waals surface area contributed by atoms with E-state index in [0.29, 0.717) is 0 Å². The number of rotatable bonds is 7. The molecule has 0 aliphatic carbocycles. The van der Waals surface area contributed by atoms with Crippen LogP contribution in [0.2, 0.25) is 0 Å². The molecule has 0 aromatic carbocycles. The molecule has 1 aliphatic heterocycles. The third-order valence-corrected chi connectivity index (χ3v) is 3.75. The molecule has 0 amide bonds. The summed E-state index contributed by atoms with van der Waals surface area (Å²) in [6.07, 6.45) is 8.09. The highest BCUT2D eigenvalue weighted by molar-refractivity contribution is 4.82. The van der Waals surface area contributed by atoms with Crippen LogP contribution in [0.5, 0.6) is 0 Å². The highest BCUT2D eigenvalue weighted by atomic mass is 15.2. The second kappa shape index (κ2) is 8.08. The molecule has 1 N–H and O–H groups in total. The molecular weight excluding hydrogens is 196 g/mol. The summed E-state index contributed by atoms with van der Waals surface area (Å²) in [4.78, 5) is 2.73. The minimum atomic E-state index is 0.732. The maximum Gasteiger partial charge on any atom is 0.0221 e. The van der Waals surface area contributed by atoms with Crippen molar-refractivity contribution in [2.75, 3.05) is 19.6 Å². The summed E-state index contributed by atoms with van der Waals surface area (Å²) in [5.74, 6) is 0. The van der Waals surface area contributed by atoms with Crippen molar-refractivity contribution in [3.63, 3.8) is 0 Å². The molecule has 0 bridgehead atoms. The van der Waals surface area contributed by atoms with E-state index in [2.05, 4.69) is 31.0 Å². The quantitative estimate of drug-likeness (QED) is 0.718. The fraction of sp³-hybridized carbons (Fsp3) is 1.00. The molecule has 2 nitrogen and oxygen atoms in total. The molecular formula is C14H30N2. The first kappa shape index (κ1) is 14.0. The summed E-state index contributed by atoms with van der Waals surface area (Å²) in [6.45, 7) is 10.7. The number of hydrogen-bond acceptors (Lipinski definition) is 2. The average molecular weight is 226 g/mol. The van der Waals surface area contributed by atoms with Crippen molar-refractivity contribution >= 4 is 0 Å². The topological polar surface area (TPSA) is 15.3 Å². The zero-order valence-corrected chi connectivity index (χ0v) is 11.5. The highest BCUT2D eigenvalue weighted by Gasteiger charge is 2.22. The summed E-state index contributed by atoms with van der Waals surface area (Å²) in [6, 6.07) is 1.53. The lowest BCUT2D eigenvalue weighted by Crippen LogP contribution is -2.49. The Hall–Kier alpha value is -0.0800. The van der Waals surface area contributed by atoms with E-state index in [1.54, 1.807) is 0 Å². The third kappa shape index (κ3) is 4.84. The van der Waals surface area contributed by atoms with Gasteiger partial charge in [-0.25, -0.2) is 0 Å². The Morgan fingerprint density at radius 3 is 2.12 bits per heavy atom. The highest BCUT2D eigenvalue weighted by Crippen LogP contribution is 2.15. The van der Waals surface area contributed by atoms with Gasteiger partial charge in [0.1, 0.15) is 0 Å². The van der Waals surface area contributed by atoms with E-state index < -0.39 is 0 Å². The molecule has 0 saturated carbocycles. The lowest BCUT2D eigenvalue weighted by atomic mass is 10.00. The summed E-state index contributed by atoms with van der Waals surface area (Å²) in [5, 5.41) is 3.62. The van der Waals surface area contributed by atoms with E-state index in [0.717, 1.165) is 12.1 Å². The van der Waals surface area contributed by atoms with Crippen LogP contribution < -0.4 is 5.32 Å². The molecule has 16 heavy (non-hydrogen) atoms. The van der Waals surface area contributed by atoms with Gasteiger partial charge in [0.25, 0.3) is 0 Å². The van der Waals surface area contributed by atoms with Gasteiger partial charge in [0.15, 0.2) is 0 Å². The van der Waals surface area contributed by atoms with Crippen LogP contribution in [-0.4, -0.2) is 36.6 Å². The molecule has 96 valence electrons. The monoisotopic (exact) mass is 226 g/mol. The van der Waals surface area contributed by atoms with Gasteiger partial charge in [-0.3, -0.25) is 4.90 Å². The van der Waals surface area contributed by atoms with Gasteiger partial charge in [-0.1, -0.05) is 26.7 Å². The lowest BCUT2D eigenvalue weighted by Gasteiger charge is -2.36. The Morgan fingerprint density at radius 2 is 1.69 bits per heavy atom. The van der Waals surface area contributed by atoms with Gasteiger partial charge in [0.05, 0.1) is 0 Å². The van der Waals surface area contributed by atoms with Crippen molar-refractivity contribution in [2.24, 2.45) is 0 Å². The summed E-state index contributed by atoms with van der Waals surface area (Å²) in [7, 11) is 0. The lowest BCUT2D eigenvalue weighted by molar-refractivity contribution is 0.150. The average Bonchev–Trinajstić information content (AvgIpc) is 2.31. The predicted octanol–water partition coefficient (Wildman–Crippen LogP) is 3.03. The van der Waals surface area contributed by atoms with Crippen LogP contribution in [0, 0.1) is 0 Å². The SMILES string of the molecule is CCCCN(CCCC)C1CCC(C)NC1. The van der Waals surface area contributed by atoms with E-state index in [1.807, 2.05) is 0 Å². The van der Waals surface area contributed by atoms with Crippen LogP contribution >= 0.6 is 0 Å². The molecule has 0 aromatic heterocycles. The molecule has 1 aliphatic rings. The minimum absolute atomic E-state index is 0.732. The van der Waals surface area contributed by atoms with Gasteiger partial charge in [-0.2, -0.15) is 0 Å². The van der Waals surface area contributed by atoms with Crippen LogP contribution in [0.15, 0.2) is 0 Å². The Labute approximate surface area is 102 Å². The van der Waals surface area contributed by atoms with E-state index in [-0.39, 0.29) is 0 Å². The standard InChI is InChI=1S/C14H30N2/c1-4-6-10-16(11-7-5-2)14-9-8-13(3)15-12-14/h13-15H,4-12H2,1-3H3. The molecule has 0 aromatic rings. The Bertz CT molecular complexity index is 154. The van der Waals surface area contributed by atoms with Crippen molar-refractivity contribution in [1.82, 2.24) is 10.2 Å². The zero-order valence-electron chi connectivity index (χ0n) is 11.5. The number of unbranched alkanes of at least 4 members (excludes halogenated alkanes) is 2. The van der Waals surface area contributed by atoms with Crippen LogP contribution in [0.1, 0.15) is 59.3 Å². The minimum Gasteiger partial charge on any atom is -0.313 e. The van der Waals surface area contributed by atoms with Crippen molar-refractivity contribution < 1.29 is 0 Å². The molecule has 1 heterocycles. The molecule has 2 heteroatoms. The van der Waals surface area contributed by atoms with E-state index in [4.69, 9.17) is 0 Å². The number of piperidine rings is 1. The molecule has 1 fully saturated rings. The first-order valence-corrected chi connectivity index (χ1v) is 7.25. The van der Waals surface area contributed by atoms with Crippen molar-refractivity contribution in [3.8, 4) is 0 Å². The second-order valence-electron chi connectivity index (χ2n) is 5.28. The van der Waals surface area contributed by atoms with Crippen LogP contribution in [-0.2, 0) is 0 Å². The third-order valence-electron chi connectivity index (χ3n) is 3.75. The molecule has 2 atom stereocenters. The van der Waals surface area contributed by atoms with Gasteiger partial charge in [0.2, 0.25) is 0 Å². The number of nitrogens with zero attached hydrogens (tertiary/aromatic N) is 1. The Balaban J connectivity index is 2.34. The Kier molecular flexibility index (Phi) is 7.06. The molecule has 1 rings (SSSR count). The summed E-state index contributed by atoms with van der Waals surface area (Å²) >= 11 is 0. The first-order chi connectivity index (χ1) is 7.77. The fourth-order valence-corrected chi connectivity index (χ4v) is 2.49. The van der Waals surface area contributed by atoms with Crippen LogP contribution in [0.4, 0.5) is 0 Å². The van der Waals surface area contributed by atoms with Crippen molar-refractivity contribution in [1.29, 1.82) is 0 Å². The maximum atomic E-state index is 3.62. The molecule has 1 saturated heterocycles. The summed E-state index contributed by atoms with van der Waals surface area (Å²) in [5.41, 5.74) is 0. The Morgan fingerprint density at radius 1 is 1.06 bits per heavy atom. The van der Waals surface area contributed by atoms with Gasteiger partial charge < -0.3 is 5.32 Å². The van der Waals surface area contributed by atoms with E-state index >= 15 is 0 Å². The van der Waals surface area contributed by atoms with Gasteiger partial charge in [-0.05, 0) is 45.7 Å². The summed E-state index contributed by atoms with van der Waals surface area (Å²) < 4.78 is 0. The first-order valence-electron chi connectivity index (χ1n) is 7.25. The van der Waals surface area contributed by atoms with E-state index in [9.17, 15) is 0 Å². The largest absolute Gasteiger partial charge is 0.313 e. The molecule has 2 unspecified atom stereocenters. The van der Waals surface area contributed by atoms with E-state index in [1.165, 1.54) is 58.2 Å². The van der Waals surface area contributed by atoms with Crippen molar-refractivity contribution in [3.05, 3.63) is 0 Å². The smallest absolute Gasteiger partial charge is 0.0221 e. The second-order valence-corrected chi connectivity index (χ2v) is 5.28. The zero-order chi connectivity index (χ0) is 11.8. The fourth-order valence-electron chi connectivity index (χ4n) is 2.49. The molecule has 0 spiro atoms. The van der Waals surface area contributed by atoms with Gasteiger partial charge in [-0.15, -0.1) is 0 Å². The number of hydrogen-bond donors (Lipinski definition) is 1. The van der Waals surface area contributed by atoms with Gasteiger partial charge >= 0.3 is 0 Å². The predicted molar refractivity (Wildman–Crippen MR) is 71.9 cm³/mol. The maximum absolute atomic E-state index is 3.62. The normalized spacial score (nSPS) is 26.2. The molecule has 0 radical (unpaired) electrons. The number of nitrogens with one attached hydrogen (secondary N) is 1. The van der Waals surface area contributed by atoms with Crippen molar-refractivity contribution in [2.45, 2.75) is 71.4 Å². The van der Waals surface area contributed by atoms with Crippen LogP contribution in [0.25, 0.3) is 0 Å². The van der Waals surface area contributed by atoms with Gasteiger partial charge in [0, 0.05) is 18.6 Å².